The summed E-state index contributed by atoms with van der Waals surface area (Å²) in [6, 6.07) is 0. The summed E-state index contributed by atoms with van der Waals surface area (Å²) in [7, 11) is 0. The van der Waals surface area contributed by atoms with Gasteiger partial charge in [0.25, 0.3) is 0 Å². The van der Waals surface area contributed by atoms with Crippen LogP contribution >= 0.6 is 12.6 Å². The van der Waals surface area contributed by atoms with Gasteiger partial charge in [-0.3, -0.25) is 9.69 Å². The molecule has 5 heteroatoms. The summed E-state index contributed by atoms with van der Waals surface area (Å²) in [6.07, 6.45) is 0. The van der Waals surface area contributed by atoms with Crippen molar-refractivity contribution in [2.24, 2.45) is 0 Å². The van der Waals surface area contributed by atoms with Crippen LogP contribution in [0.5, 0.6) is 0 Å². The molecule has 0 radical (unpaired) electrons. The van der Waals surface area contributed by atoms with Gasteiger partial charge < -0.3 is 9.47 Å². The Bertz CT molecular complexity index is 159. The highest BCUT2D eigenvalue weighted by atomic mass is 32.1. The monoisotopic (exact) mass is 205 g/mol. The minimum absolute atomic E-state index is 0.156. The van der Waals surface area contributed by atoms with Crippen molar-refractivity contribution in [1.82, 2.24) is 4.90 Å². The van der Waals surface area contributed by atoms with Gasteiger partial charge in [-0.15, -0.1) is 0 Å². The van der Waals surface area contributed by atoms with Gasteiger partial charge in [-0.1, -0.05) is 0 Å². The average molecular weight is 205 g/mol. The molecule has 1 heterocycles. The highest BCUT2D eigenvalue weighted by Gasteiger charge is 2.10. The van der Waals surface area contributed by atoms with Crippen LogP contribution in [0.15, 0.2) is 0 Å². The summed E-state index contributed by atoms with van der Waals surface area (Å²) in [5.74, 6) is -0.0973. The van der Waals surface area contributed by atoms with Gasteiger partial charge in [-0.05, 0) is 0 Å². The third-order valence-electron chi connectivity index (χ3n) is 1.90. The van der Waals surface area contributed by atoms with Crippen molar-refractivity contribution in [3.63, 3.8) is 0 Å². The highest BCUT2D eigenvalue weighted by Crippen LogP contribution is 1.96. The number of rotatable bonds is 4. The maximum absolute atomic E-state index is 10.7. The first-order valence-electron chi connectivity index (χ1n) is 4.39. The summed E-state index contributed by atoms with van der Waals surface area (Å²) in [5.41, 5.74) is 0. The topological polar surface area (TPSA) is 38.8 Å². The second-order valence-electron chi connectivity index (χ2n) is 2.83. The molecule has 0 N–H and O–H groups in total. The van der Waals surface area contributed by atoms with E-state index in [0.717, 1.165) is 32.8 Å². The van der Waals surface area contributed by atoms with Gasteiger partial charge in [0.2, 0.25) is 0 Å². The fourth-order valence-corrected chi connectivity index (χ4v) is 1.25. The molecule has 1 rings (SSSR count). The van der Waals surface area contributed by atoms with Gasteiger partial charge in [0.1, 0.15) is 6.61 Å². The van der Waals surface area contributed by atoms with Crippen LogP contribution in [-0.4, -0.2) is 56.1 Å². The second-order valence-corrected chi connectivity index (χ2v) is 3.15. The summed E-state index contributed by atoms with van der Waals surface area (Å²) in [6.45, 7) is 4.67. The molecule has 0 aromatic heterocycles. The zero-order valence-electron chi connectivity index (χ0n) is 7.57. The first-order valence-corrected chi connectivity index (χ1v) is 5.03. The van der Waals surface area contributed by atoms with Crippen LogP contribution in [0, 0.1) is 0 Å². The quantitative estimate of drug-likeness (QED) is 0.509. The van der Waals surface area contributed by atoms with Crippen molar-refractivity contribution in [3.05, 3.63) is 0 Å². The summed E-state index contributed by atoms with van der Waals surface area (Å²) in [5, 5.41) is 0. The normalized spacial score (nSPS) is 18.5. The third kappa shape index (κ3) is 4.50. The number of morpholine rings is 1. The lowest BCUT2D eigenvalue weighted by molar-refractivity contribution is -0.141. The van der Waals surface area contributed by atoms with Crippen LogP contribution in [0.1, 0.15) is 0 Å². The Balaban J connectivity index is 2.01. The average Bonchev–Trinajstić information content (AvgIpc) is 2.19. The number of nitrogens with zero attached hydrogens (tertiary/aromatic N) is 1. The molecule has 0 atom stereocenters. The molecule has 1 aliphatic heterocycles. The lowest BCUT2D eigenvalue weighted by atomic mass is 10.4. The van der Waals surface area contributed by atoms with E-state index < -0.39 is 0 Å². The molecule has 0 spiro atoms. The van der Waals surface area contributed by atoms with Crippen molar-refractivity contribution in [2.45, 2.75) is 0 Å². The van der Waals surface area contributed by atoms with E-state index >= 15 is 0 Å². The van der Waals surface area contributed by atoms with E-state index in [2.05, 4.69) is 17.5 Å². The molecule has 0 aromatic carbocycles. The SMILES string of the molecule is O=C(CS)OCCN1CCOCC1. The number of carbonyl (C=O) groups is 1. The molecule has 0 amide bonds. The van der Waals surface area contributed by atoms with Crippen molar-refractivity contribution in [3.8, 4) is 0 Å². The Labute approximate surface area is 83.6 Å². The number of hydrogen-bond acceptors (Lipinski definition) is 5. The Hall–Kier alpha value is -0.260. The number of esters is 1. The predicted molar refractivity (Wildman–Crippen MR) is 52.1 cm³/mol. The zero-order valence-corrected chi connectivity index (χ0v) is 8.46. The van der Waals surface area contributed by atoms with Gasteiger partial charge in [0.05, 0.1) is 19.0 Å². The second kappa shape index (κ2) is 6.23. The summed E-state index contributed by atoms with van der Waals surface area (Å²) in [4.78, 5) is 12.9. The van der Waals surface area contributed by atoms with E-state index in [1.165, 1.54) is 0 Å². The van der Waals surface area contributed by atoms with E-state index in [9.17, 15) is 4.79 Å². The van der Waals surface area contributed by atoms with Crippen LogP contribution in [-0.2, 0) is 14.3 Å². The van der Waals surface area contributed by atoms with Crippen LogP contribution in [0.2, 0.25) is 0 Å². The standard InChI is InChI=1S/C8H15NO3S/c10-8(7-13)12-6-3-9-1-4-11-5-2-9/h13H,1-7H2. The van der Waals surface area contributed by atoms with E-state index in [4.69, 9.17) is 9.47 Å². The lowest BCUT2D eigenvalue weighted by Crippen LogP contribution is -2.38. The molecule has 0 aromatic rings. The fourth-order valence-electron chi connectivity index (χ4n) is 1.16. The zero-order chi connectivity index (χ0) is 9.52. The smallest absolute Gasteiger partial charge is 0.315 e. The predicted octanol–water partition coefficient (Wildman–Crippen LogP) is -0.208. The van der Waals surface area contributed by atoms with Gasteiger partial charge in [0.15, 0.2) is 0 Å². The van der Waals surface area contributed by atoms with Crippen LogP contribution in [0.4, 0.5) is 0 Å². The molecule has 13 heavy (non-hydrogen) atoms. The maximum Gasteiger partial charge on any atom is 0.315 e. The lowest BCUT2D eigenvalue weighted by Gasteiger charge is -2.26. The van der Waals surface area contributed by atoms with Crippen molar-refractivity contribution in [2.75, 3.05) is 45.2 Å². The minimum atomic E-state index is -0.253. The summed E-state index contributed by atoms with van der Waals surface area (Å²) < 4.78 is 10.1. The number of thiol groups is 1. The number of carbonyl (C=O) groups excluding carboxylic acids is 1. The van der Waals surface area contributed by atoms with Gasteiger partial charge in [-0.2, -0.15) is 12.6 Å². The highest BCUT2D eigenvalue weighted by molar-refractivity contribution is 7.81. The van der Waals surface area contributed by atoms with Crippen LogP contribution in [0.25, 0.3) is 0 Å². The van der Waals surface area contributed by atoms with Crippen LogP contribution in [0.3, 0.4) is 0 Å². The molecule has 4 nitrogen and oxygen atoms in total. The Morgan fingerprint density at radius 1 is 1.46 bits per heavy atom. The molecule has 76 valence electrons. The molecule has 0 bridgehead atoms. The minimum Gasteiger partial charge on any atom is -0.464 e. The molecule has 1 fully saturated rings. The van der Waals surface area contributed by atoms with Crippen molar-refractivity contribution in [1.29, 1.82) is 0 Å². The largest absolute Gasteiger partial charge is 0.464 e. The van der Waals surface area contributed by atoms with E-state index in [-0.39, 0.29) is 11.7 Å². The number of hydrogen-bond donors (Lipinski definition) is 1. The van der Waals surface area contributed by atoms with Crippen molar-refractivity contribution < 1.29 is 14.3 Å². The first-order chi connectivity index (χ1) is 6.33. The Morgan fingerprint density at radius 2 is 2.15 bits per heavy atom. The van der Waals surface area contributed by atoms with Gasteiger partial charge >= 0.3 is 5.97 Å². The van der Waals surface area contributed by atoms with E-state index in [1.54, 1.807) is 0 Å². The van der Waals surface area contributed by atoms with Crippen molar-refractivity contribution >= 4 is 18.6 Å². The molecule has 1 aliphatic rings. The third-order valence-corrected chi connectivity index (χ3v) is 2.16. The molecule has 0 aliphatic carbocycles. The molecular formula is C8H15NO3S. The van der Waals surface area contributed by atoms with Gasteiger partial charge in [-0.25, -0.2) is 0 Å². The number of ether oxygens (including phenoxy) is 2. The Morgan fingerprint density at radius 3 is 2.77 bits per heavy atom. The maximum atomic E-state index is 10.7. The molecule has 0 unspecified atom stereocenters. The first kappa shape index (κ1) is 10.8. The Kier molecular flexibility index (Phi) is 5.19. The summed E-state index contributed by atoms with van der Waals surface area (Å²) >= 11 is 3.81. The molecule has 1 saturated heterocycles. The van der Waals surface area contributed by atoms with E-state index in [0.29, 0.717) is 6.61 Å². The fraction of sp³-hybridized carbons (Fsp3) is 0.875. The molecule has 0 saturated carbocycles. The molecular weight excluding hydrogens is 190 g/mol. The van der Waals surface area contributed by atoms with E-state index in [1.807, 2.05) is 0 Å². The van der Waals surface area contributed by atoms with Gasteiger partial charge in [0, 0.05) is 19.6 Å². The van der Waals surface area contributed by atoms with Crippen LogP contribution < -0.4 is 0 Å².